The molecule has 2 rings (SSSR count). The van der Waals surface area contributed by atoms with E-state index in [0.717, 1.165) is 4.57 Å². The van der Waals surface area contributed by atoms with Crippen LogP contribution in [0.1, 0.15) is 0 Å². The zero-order valence-electron chi connectivity index (χ0n) is 10.8. The zero-order valence-corrected chi connectivity index (χ0v) is 12.3. The molecule has 0 radical (unpaired) electrons. The smallest absolute Gasteiger partial charge is 0.328 e. The average molecular weight is 341 g/mol. The van der Waals surface area contributed by atoms with E-state index in [-0.39, 0.29) is 13.2 Å². The van der Waals surface area contributed by atoms with E-state index < -0.39 is 11.2 Å². The van der Waals surface area contributed by atoms with Crippen LogP contribution in [0.15, 0.2) is 44.5 Å². The lowest BCUT2D eigenvalue weighted by atomic mass is 10.3. The van der Waals surface area contributed by atoms with Gasteiger partial charge in [-0.2, -0.15) is 0 Å². The van der Waals surface area contributed by atoms with Crippen LogP contribution in [-0.4, -0.2) is 23.3 Å². The number of ether oxygens (including phenoxy) is 2. The van der Waals surface area contributed by atoms with E-state index in [4.69, 9.17) is 9.47 Å². The number of nitrogens with one attached hydrogen (secondary N) is 1. The molecular weight excluding hydrogens is 328 g/mol. The number of hydrogen-bond acceptors (Lipinski definition) is 4. The highest BCUT2D eigenvalue weighted by Gasteiger charge is 2.06. The van der Waals surface area contributed by atoms with E-state index in [1.54, 1.807) is 19.2 Å². The third-order valence-corrected chi connectivity index (χ3v) is 3.23. The number of para-hydroxylation sites is 2. The quantitative estimate of drug-likeness (QED) is 0.892. The van der Waals surface area contributed by atoms with Crippen molar-refractivity contribution in [2.75, 3.05) is 13.7 Å². The number of rotatable bonds is 5. The van der Waals surface area contributed by atoms with Gasteiger partial charge in [-0.25, -0.2) is 4.79 Å². The summed E-state index contributed by atoms with van der Waals surface area (Å²) in [5, 5.41) is 0. The van der Waals surface area contributed by atoms with Crippen LogP contribution in [0, 0.1) is 0 Å². The Balaban J connectivity index is 2.09. The lowest BCUT2D eigenvalue weighted by molar-refractivity contribution is 0.276. The van der Waals surface area contributed by atoms with Crippen LogP contribution in [0.3, 0.4) is 0 Å². The molecule has 1 N–H and O–H groups in total. The minimum atomic E-state index is -0.471. The summed E-state index contributed by atoms with van der Waals surface area (Å²) in [5.74, 6) is 1.16. The maximum Gasteiger partial charge on any atom is 0.328 e. The van der Waals surface area contributed by atoms with Crippen LogP contribution in [0.2, 0.25) is 0 Å². The first kappa shape index (κ1) is 14.4. The monoisotopic (exact) mass is 340 g/mol. The standard InChI is InChI=1S/C13H13BrN2O4/c1-19-10-4-2-3-5-11(10)20-7-6-16-12(17)9(14)8-15-13(16)18/h2-5,8H,6-7H2,1H3,(H,15,18). The first-order chi connectivity index (χ1) is 9.63. The highest BCUT2D eigenvalue weighted by atomic mass is 79.9. The minimum absolute atomic E-state index is 0.144. The lowest BCUT2D eigenvalue weighted by Crippen LogP contribution is -2.36. The summed E-state index contributed by atoms with van der Waals surface area (Å²) in [6.45, 7) is 0.325. The second kappa shape index (κ2) is 6.42. The predicted octanol–water partition coefficient (Wildman–Crippen LogP) is 1.39. The highest BCUT2D eigenvalue weighted by molar-refractivity contribution is 9.10. The molecule has 0 atom stereocenters. The largest absolute Gasteiger partial charge is 0.493 e. The van der Waals surface area contributed by atoms with Crippen LogP contribution >= 0.6 is 15.9 Å². The van der Waals surface area contributed by atoms with Crippen molar-refractivity contribution in [2.45, 2.75) is 6.54 Å². The van der Waals surface area contributed by atoms with Gasteiger partial charge < -0.3 is 14.5 Å². The number of hydrogen-bond donors (Lipinski definition) is 1. The van der Waals surface area contributed by atoms with Crippen molar-refractivity contribution in [1.82, 2.24) is 9.55 Å². The molecule has 0 bridgehead atoms. The maximum absolute atomic E-state index is 11.8. The van der Waals surface area contributed by atoms with E-state index in [0.29, 0.717) is 16.0 Å². The summed E-state index contributed by atoms with van der Waals surface area (Å²) in [6, 6.07) is 7.17. The summed E-state index contributed by atoms with van der Waals surface area (Å²) in [6.07, 6.45) is 1.32. The molecule has 106 valence electrons. The number of aromatic nitrogens is 2. The van der Waals surface area contributed by atoms with Crippen molar-refractivity contribution in [2.24, 2.45) is 0 Å². The van der Waals surface area contributed by atoms with Gasteiger partial charge in [0.1, 0.15) is 6.61 Å². The first-order valence-corrected chi connectivity index (χ1v) is 6.66. The fourth-order valence-corrected chi connectivity index (χ4v) is 2.00. The van der Waals surface area contributed by atoms with E-state index in [9.17, 15) is 9.59 Å². The number of H-pyrrole nitrogens is 1. The molecule has 0 saturated heterocycles. The summed E-state index contributed by atoms with van der Waals surface area (Å²) in [5.41, 5.74) is -0.862. The first-order valence-electron chi connectivity index (χ1n) is 5.87. The number of benzene rings is 1. The van der Waals surface area contributed by atoms with Crippen LogP contribution in [0.5, 0.6) is 11.5 Å². The lowest BCUT2D eigenvalue weighted by Gasteiger charge is -2.10. The van der Waals surface area contributed by atoms with Gasteiger partial charge >= 0.3 is 5.69 Å². The van der Waals surface area contributed by atoms with E-state index in [1.165, 1.54) is 6.20 Å². The molecule has 7 heteroatoms. The van der Waals surface area contributed by atoms with Gasteiger partial charge in [0, 0.05) is 6.20 Å². The van der Waals surface area contributed by atoms with Gasteiger partial charge in [0.15, 0.2) is 11.5 Å². The topological polar surface area (TPSA) is 73.3 Å². The van der Waals surface area contributed by atoms with Crippen LogP contribution < -0.4 is 20.7 Å². The van der Waals surface area contributed by atoms with Crippen molar-refractivity contribution in [3.63, 3.8) is 0 Å². The molecule has 6 nitrogen and oxygen atoms in total. The Hall–Kier alpha value is -2.02. The summed E-state index contributed by atoms with van der Waals surface area (Å²) < 4.78 is 12.0. The van der Waals surface area contributed by atoms with Gasteiger partial charge in [0.2, 0.25) is 0 Å². The zero-order chi connectivity index (χ0) is 14.5. The van der Waals surface area contributed by atoms with Gasteiger partial charge in [-0.15, -0.1) is 0 Å². The second-order valence-corrected chi connectivity index (χ2v) is 4.75. The summed E-state index contributed by atoms with van der Waals surface area (Å²) in [7, 11) is 1.55. The number of methoxy groups -OCH3 is 1. The fourth-order valence-electron chi connectivity index (χ4n) is 1.67. The predicted molar refractivity (Wildman–Crippen MR) is 77.5 cm³/mol. The third kappa shape index (κ3) is 3.11. The molecule has 2 aromatic rings. The molecule has 1 aromatic carbocycles. The molecule has 0 saturated carbocycles. The molecule has 0 spiro atoms. The Morgan fingerprint density at radius 3 is 2.65 bits per heavy atom. The second-order valence-electron chi connectivity index (χ2n) is 3.90. The molecule has 0 aliphatic rings. The van der Waals surface area contributed by atoms with Crippen molar-refractivity contribution >= 4 is 15.9 Å². The van der Waals surface area contributed by atoms with Crippen LogP contribution in [0.4, 0.5) is 0 Å². The molecule has 1 aromatic heterocycles. The fraction of sp³-hybridized carbons (Fsp3) is 0.231. The van der Waals surface area contributed by atoms with E-state index in [2.05, 4.69) is 20.9 Å². The number of aromatic amines is 1. The number of halogens is 1. The van der Waals surface area contributed by atoms with E-state index in [1.807, 2.05) is 12.1 Å². The van der Waals surface area contributed by atoms with Gasteiger partial charge in [-0.05, 0) is 28.1 Å². The molecular formula is C13H13BrN2O4. The molecule has 0 unspecified atom stereocenters. The molecule has 20 heavy (non-hydrogen) atoms. The average Bonchev–Trinajstić information content (AvgIpc) is 2.47. The Labute approximate surface area is 123 Å². The normalized spacial score (nSPS) is 10.3. The Kier molecular flexibility index (Phi) is 4.62. The van der Waals surface area contributed by atoms with Crippen molar-refractivity contribution in [1.29, 1.82) is 0 Å². The summed E-state index contributed by atoms with van der Waals surface area (Å²) >= 11 is 3.08. The van der Waals surface area contributed by atoms with Gasteiger partial charge in [-0.3, -0.25) is 9.36 Å². The van der Waals surface area contributed by atoms with Gasteiger partial charge in [0.05, 0.1) is 18.1 Å². The molecule has 0 amide bonds. The summed E-state index contributed by atoms with van der Waals surface area (Å²) in [4.78, 5) is 25.8. The highest BCUT2D eigenvalue weighted by Crippen LogP contribution is 2.25. The van der Waals surface area contributed by atoms with Crippen LogP contribution in [0.25, 0.3) is 0 Å². The van der Waals surface area contributed by atoms with Gasteiger partial charge in [-0.1, -0.05) is 12.1 Å². The van der Waals surface area contributed by atoms with Crippen LogP contribution in [-0.2, 0) is 6.54 Å². The minimum Gasteiger partial charge on any atom is -0.493 e. The Morgan fingerprint density at radius 2 is 1.95 bits per heavy atom. The SMILES string of the molecule is COc1ccccc1OCCn1c(=O)[nH]cc(Br)c1=O. The maximum atomic E-state index is 11.8. The molecule has 1 heterocycles. The van der Waals surface area contributed by atoms with E-state index >= 15 is 0 Å². The van der Waals surface area contributed by atoms with Crippen molar-refractivity contribution in [3.8, 4) is 11.5 Å². The van der Waals surface area contributed by atoms with Crippen molar-refractivity contribution < 1.29 is 9.47 Å². The number of nitrogens with zero attached hydrogens (tertiary/aromatic N) is 1. The third-order valence-electron chi connectivity index (χ3n) is 2.66. The molecule has 0 aliphatic heterocycles. The Bertz CT molecular complexity index is 708. The molecule has 0 aliphatic carbocycles. The Morgan fingerprint density at radius 1 is 1.25 bits per heavy atom. The molecule has 0 fully saturated rings. The van der Waals surface area contributed by atoms with Crippen molar-refractivity contribution in [3.05, 3.63) is 55.8 Å². The van der Waals surface area contributed by atoms with Gasteiger partial charge in [0.25, 0.3) is 5.56 Å².